The molecule has 7 heteroatoms. The Balaban J connectivity index is 2.08. The van der Waals surface area contributed by atoms with Crippen molar-refractivity contribution >= 4 is 22.8 Å². The third-order valence-electron chi connectivity index (χ3n) is 3.78. The zero-order chi connectivity index (χ0) is 16.4. The van der Waals surface area contributed by atoms with Gasteiger partial charge in [0.15, 0.2) is 0 Å². The third-order valence-corrected chi connectivity index (χ3v) is 3.78. The molecule has 2 heterocycles. The Hall–Kier alpha value is -2.83. The van der Waals surface area contributed by atoms with Crippen molar-refractivity contribution in [3.05, 3.63) is 35.8 Å². The molecule has 0 spiro atoms. The summed E-state index contributed by atoms with van der Waals surface area (Å²) < 4.78 is 7.56. The molecule has 0 saturated heterocycles. The van der Waals surface area contributed by atoms with Gasteiger partial charge in [-0.2, -0.15) is 10.1 Å². The maximum Gasteiger partial charge on any atom is 0.274 e. The van der Waals surface area contributed by atoms with Crippen LogP contribution in [0.1, 0.15) is 29.9 Å². The van der Waals surface area contributed by atoms with E-state index in [0.29, 0.717) is 24.8 Å². The molecule has 0 aliphatic heterocycles. The number of carbonyl (C=O) groups is 1. The molecular formula is C16H19N5O2. The quantitative estimate of drug-likeness (QED) is 0.758. The number of ether oxygens (including phenoxy) is 1. The van der Waals surface area contributed by atoms with Crippen LogP contribution < -0.4 is 10.1 Å². The number of nitrogens with zero attached hydrogens (tertiary/aromatic N) is 3. The average molecular weight is 313 g/mol. The number of hydrogen-bond acceptors (Lipinski definition) is 4. The highest BCUT2D eigenvalue weighted by Gasteiger charge is 2.20. The Bertz CT molecular complexity index is 836. The van der Waals surface area contributed by atoms with Crippen molar-refractivity contribution in [3.8, 4) is 5.75 Å². The molecule has 0 aliphatic carbocycles. The second kappa shape index (κ2) is 6.12. The molecule has 3 rings (SSSR count). The van der Waals surface area contributed by atoms with Crippen LogP contribution in [0.3, 0.4) is 0 Å². The summed E-state index contributed by atoms with van der Waals surface area (Å²) in [5.41, 5.74) is 2.55. The SMILES string of the molecule is CCOc1ccc2c(c1)c(C)c(C(=O)Nc1ncn[nH]1)n2CC. The Labute approximate surface area is 133 Å². The standard InChI is InChI=1S/C16H19N5O2/c1-4-21-13-7-6-11(23-5-2)8-12(13)10(3)14(21)15(22)19-16-17-9-18-20-16/h6-9H,4-5H2,1-3H3,(H2,17,18,19,20,22). The van der Waals surface area contributed by atoms with Gasteiger partial charge >= 0.3 is 0 Å². The fraction of sp³-hybridized carbons (Fsp3) is 0.312. The normalized spacial score (nSPS) is 10.9. The van der Waals surface area contributed by atoms with Crippen LogP contribution in [0.5, 0.6) is 5.75 Å². The first-order valence-corrected chi connectivity index (χ1v) is 7.58. The smallest absolute Gasteiger partial charge is 0.274 e. The number of amides is 1. The van der Waals surface area contributed by atoms with E-state index in [2.05, 4.69) is 20.5 Å². The number of fused-ring (bicyclic) bond motifs is 1. The van der Waals surface area contributed by atoms with Gasteiger partial charge in [-0.15, -0.1) is 0 Å². The number of hydrogen-bond donors (Lipinski definition) is 2. The summed E-state index contributed by atoms with van der Waals surface area (Å²) >= 11 is 0. The number of carbonyl (C=O) groups excluding carboxylic acids is 1. The molecule has 7 nitrogen and oxygen atoms in total. The number of H-pyrrole nitrogens is 1. The van der Waals surface area contributed by atoms with E-state index >= 15 is 0 Å². The van der Waals surface area contributed by atoms with Crippen LogP contribution in [0, 0.1) is 6.92 Å². The lowest BCUT2D eigenvalue weighted by Crippen LogP contribution is -2.18. The molecule has 0 bridgehead atoms. The number of nitrogens with one attached hydrogen (secondary N) is 2. The Morgan fingerprint density at radius 1 is 1.39 bits per heavy atom. The number of benzene rings is 1. The zero-order valence-electron chi connectivity index (χ0n) is 13.4. The largest absolute Gasteiger partial charge is 0.494 e. The predicted molar refractivity (Wildman–Crippen MR) is 87.9 cm³/mol. The van der Waals surface area contributed by atoms with E-state index in [-0.39, 0.29) is 5.91 Å². The summed E-state index contributed by atoms with van der Waals surface area (Å²) in [6.07, 6.45) is 1.35. The first-order chi connectivity index (χ1) is 11.2. The lowest BCUT2D eigenvalue weighted by molar-refractivity contribution is 0.101. The van der Waals surface area contributed by atoms with Crippen LogP contribution >= 0.6 is 0 Å². The summed E-state index contributed by atoms with van der Waals surface area (Å²) in [5.74, 6) is 0.922. The molecule has 2 N–H and O–H groups in total. The minimum absolute atomic E-state index is 0.213. The van der Waals surface area contributed by atoms with Gasteiger partial charge in [0.1, 0.15) is 17.8 Å². The molecule has 0 unspecified atom stereocenters. The minimum atomic E-state index is -0.213. The predicted octanol–water partition coefficient (Wildman–Crippen LogP) is 2.74. The second-order valence-corrected chi connectivity index (χ2v) is 5.12. The lowest BCUT2D eigenvalue weighted by Gasteiger charge is -2.08. The topological polar surface area (TPSA) is 84.8 Å². The summed E-state index contributed by atoms with van der Waals surface area (Å²) in [6.45, 7) is 7.21. The van der Waals surface area contributed by atoms with E-state index in [9.17, 15) is 4.79 Å². The first kappa shape index (κ1) is 15.1. The van der Waals surface area contributed by atoms with Crippen molar-refractivity contribution < 1.29 is 9.53 Å². The van der Waals surface area contributed by atoms with E-state index in [1.807, 2.05) is 43.5 Å². The van der Waals surface area contributed by atoms with Gasteiger partial charge in [0, 0.05) is 17.4 Å². The highest BCUT2D eigenvalue weighted by atomic mass is 16.5. The summed E-state index contributed by atoms with van der Waals surface area (Å²) in [5, 5.41) is 10.1. The number of rotatable bonds is 5. The van der Waals surface area contributed by atoms with Crippen molar-refractivity contribution in [1.82, 2.24) is 19.7 Å². The molecule has 1 aromatic carbocycles. The summed E-state index contributed by atoms with van der Waals surface area (Å²) in [7, 11) is 0. The van der Waals surface area contributed by atoms with Crippen molar-refractivity contribution in [3.63, 3.8) is 0 Å². The molecule has 3 aromatic rings. The number of aromatic amines is 1. The Morgan fingerprint density at radius 2 is 2.22 bits per heavy atom. The number of anilines is 1. The third kappa shape index (κ3) is 2.65. The van der Waals surface area contributed by atoms with Gasteiger partial charge in [0.2, 0.25) is 5.95 Å². The van der Waals surface area contributed by atoms with Gasteiger partial charge in [-0.25, -0.2) is 5.10 Å². The molecule has 0 atom stereocenters. The van der Waals surface area contributed by atoms with Gasteiger partial charge in [0.05, 0.1) is 6.61 Å². The van der Waals surface area contributed by atoms with E-state index in [1.165, 1.54) is 6.33 Å². The molecule has 1 amide bonds. The number of aromatic nitrogens is 4. The van der Waals surface area contributed by atoms with Gasteiger partial charge < -0.3 is 9.30 Å². The molecule has 120 valence electrons. The van der Waals surface area contributed by atoms with Crippen molar-refractivity contribution in [2.45, 2.75) is 27.3 Å². The number of aryl methyl sites for hydroxylation is 2. The van der Waals surface area contributed by atoms with Gasteiger partial charge in [-0.1, -0.05) is 0 Å². The first-order valence-electron chi connectivity index (χ1n) is 7.58. The van der Waals surface area contributed by atoms with Gasteiger partial charge in [0.25, 0.3) is 5.91 Å². The molecular weight excluding hydrogens is 294 g/mol. The molecule has 23 heavy (non-hydrogen) atoms. The molecule has 0 saturated carbocycles. The van der Waals surface area contributed by atoms with Crippen LogP contribution in [0.4, 0.5) is 5.95 Å². The summed E-state index contributed by atoms with van der Waals surface area (Å²) in [6, 6.07) is 5.89. The van der Waals surface area contributed by atoms with Gasteiger partial charge in [-0.3, -0.25) is 10.1 Å². The lowest BCUT2D eigenvalue weighted by atomic mass is 10.1. The van der Waals surface area contributed by atoms with E-state index in [0.717, 1.165) is 22.2 Å². The maximum atomic E-state index is 12.6. The summed E-state index contributed by atoms with van der Waals surface area (Å²) in [4.78, 5) is 16.6. The second-order valence-electron chi connectivity index (χ2n) is 5.12. The zero-order valence-corrected chi connectivity index (χ0v) is 13.4. The van der Waals surface area contributed by atoms with Crippen LogP contribution in [0.2, 0.25) is 0 Å². The van der Waals surface area contributed by atoms with Crippen molar-refractivity contribution in [2.75, 3.05) is 11.9 Å². The fourth-order valence-electron chi connectivity index (χ4n) is 2.81. The molecule has 0 fully saturated rings. The van der Waals surface area contributed by atoms with Crippen molar-refractivity contribution in [2.24, 2.45) is 0 Å². The van der Waals surface area contributed by atoms with E-state index in [1.54, 1.807) is 0 Å². The van der Waals surface area contributed by atoms with Gasteiger partial charge in [-0.05, 0) is 44.5 Å². The monoisotopic (exact) mass is 313 g/mol. The van der Waals surface area contributed by atoms with E-state index in [4.69, 9.17) is 4.74 Å². The minimum Gasteiger partial charge on any atom is -0.494 e. The Kier molecular flexibility index (Phi) is 4.01. The van der Waals surface area contributed by atoms with Crippen LogP contribution in [0.15, 0.2) is 24.5 Å². The highest BCUT2D eigenvalue weighted by molar-refractivity contribution is 6.07. The Morgan fingerprint density at radius 3 is 2.87 bits per heavy atom. The van der Waals surface area contributed by atoms with Crippen LogP contribution in [-0.2, 0) is 6.54 Å². The molecule has 0 radical (unpaired) electrons. The van der Waals surface area contributed by atoms with Crippen LogP contribution in [-0.4, -0.2) is 32.3 Å². The van der Waals surface area contributed by atoms with E-state index < -0.39 is 0 Å². The highest BCUT2D eigenvalue weighted by Crippen LogP contribution is 2.29. The molecule has 0 aliphatic rings. The average Bonchev–Trinajstić information content (AvgIpc) is 3.14. The van der Waals surface area contributed by atoms with Crippen LogP contribution in [0.25, 0.3) is 10.9 Å². The maximum absolute atomic E-state index is 12.6. The van der Waals surface area contributed by atoms with Crippen molar-refractivity contribution in [1.29, 1.82) is 0 Å². The fourth-order valence-corrected chi connectivity index (χ4v) is 2.81. The molecule has 2 aromatic heterocycles.